The minimum Gasteiger partial charge on any atom is -0.353 e. The molecule has 1 aliphatic heterocycles. The Kier molecular flexibility index (Phi) is 5.99. The number of thiophene rings is 1. The van der Waals surface area contributed by atoms with Crippen LogP contribution in [0.5, 0.6) is 0 Å². The first kappa shape index (κ1) is 17.8. The molecule has 0 unspecified atom stereocenters. The molecule has 1 amide bonds. The van der Waals surface area contributed by atoms with E-state index in [2.05, 4.69) is 51.9 Å². The van der Waals surface area contributed by atoms with Gasteiger partial charge >= 0.3 is 0 Å². The van der Waals surface area contributed by atoms with Gasteiger partial charge in [0.15, 0.2) is 0 Å². The van der Waals surface area contributed by atoms with Crippen LogP contribution < -0.4 is 5.32 Å². The largest absolute Gasteiger partial charge is 0.353 e. The Morgan fingerprint density at radius 2 is 2.36 bits per heavy atom. The molecule has 6 nitrogen and oxygen atoms in total. The van der Waals surface area contributed by atoms with Crippen molar-refractivity contribution in [2.45, 2.75) is 33.4 Å². The summed E-state index contributed by atoms with van der Waals surface area (Å²) in [5.74, 6) is 0.436. The van der Waals surface area contributed by atoms with Crippen LogP contribution in [0.15, 0.2) is 23.7 Å². The molecule has 1 N–H and O–H groups in total. The van der Waals surface area contributed by atoms with Crippen molar-refractivity contribution in [3.8, 4) is 0 Å². The van der Waals surface area contributed by atoms with Crippen LogP contribution in [0.25, 0.3) is 6.08 Å². The number of hydrogen-bond acceptors (Lipinski definition) is 5. The standard InChI is InChI=1S/C18H25N5OS/c1-14(2)3-4-16-12-23(21-20-16)13-18(24)19-7-9-22-8-5-17-15(11-22)6-10-25-17/h3-4,6,10,12,14H,5,7-9,11,13H2,1-2H3,(H,19,24)/b4-3+. The number of hydrogen-bond donors (Lipinski definition) is 1. The minimum absolute atomic E-state index is 0.0301. The average molecular weight is 359 g/mol. The SMILES string of the molecule is CC(C)/C=C/c1cn(CC(=O)NCCN2CCc3sccc3C2)nn1. The zero-order chi connectivity index (χ0) is 17.6. The molecule has 0 bridgehead atoms. The zero-order valence-electron chi connectivity index (χ0n) is 14.8. The molecule has 3 heterocycles. The highest BCUT2D eigenvalue weighted by molar-refractivity contribution is 7.10. The molecule has 0 aromatic carbocycles. The summed E-state index contributed by atoms with van der Waals surface area (Å²) in [5.41, 5.74) is 2.22. The fraction of sp³-hybridized carbons (Fsp3) is 0.500. The molecule has 0 atom stereocenters. The molecule has 0 fully saturated rings. The van der Waals surface area contributed by atoms with Crippen LogP contribution in [0.2, 0.25) is 0 Å². The van der Waals surface area contributed by atoms with E-state index in [1.165, 1.54) is 10.4 Å². The second-order valence-electron chi connectivity index (χ2n) is 6.69. The number of amides is 1. The summed E-state index contributed by atoms with van der Waals surface area (Å²) in [4.78, 5) is 15.9. The molecular formula is C18H25N5OS. The molecule has 0 spiro atoms. The van der Waals surface area contributed by atoms with Gasteiger partial charge in [0.05, 0.1) is 6.20 Å². The number of carbonyl (C=O) groups excluding carboxylic acids is 1. The van der Waals surface area contributed by atoms with Crippen LogP contribution >= 0.6 is 11.3 Å². The first-order valence-corrected chi connectivity index (χ1v) is 9.61. The molecule has 2 aromatic heterocycles. The molecule has 3 rings (SSSR count). The Morgan fingerprint density at radius 1 is 1.48 bits per heavy atom. The highest BCUT2D eigenvalue weighted by atomic mass is 32.1. The lowest BCUT2D eigenvalue weighted by molar-refractivity contribution is -0.121. The fourth-order valence-corrected chi connectivity index (χ4v) is 3.70. The van der Waals surface area contributed by atoms with Gasteiger partial charge in [-0.05, 0) is 35.4 Å². The maximum atomic E-state index is 12.1. The fourth-order valence-electron chi connectivity index (χ4n) is 2.81. The van der Waals surface area contributed by atoms with Crippen LogP contribution in [-0.4, -0.2) is 45.4 Å². The number of carbonyl (C=O) groups is 1. The summed E-state index contributed by atoms with van der Waals surface area (Å²) in [7, 11) is 0. The molecule has 0 saturated carbocycles. The number of rotatable bonds is 7. The molecule has 25 heavy (non-hydrogen) atoms. The highest BCUT2D eigenvalue weighted by Crippen LogP contribution is 2.23. The molecule has 0 aliphatic carbocycles. The summed E-state index contributed by atoms with van der Waals surface area (Å²) < 4.78 is 1.58. The first-order valence-electron chi connectivity index (χ1n) is 8.73. The Labute approximate surface area is 152 Å². The van der Waals surface area contributed by atoms with Crippen LogP contribution in [0.1, 0.15) is 30.0 Å². The van der Waals surface area contributed by atoms with Gasteiger partial charge in [0.1, 0.15) is 12.2 Å². The number of aromatic nitrogens is 3. The summed E-state index contributed by atoms with van der Waals surface area (Å²) in [5, 5.41) is 13.2. The van der Waals surface area contributed by atoms with Crippen molar-refractivity contribution in [1.82, 2.24) is 25.2 Å². The lowest BCUT2D eigenvalue weighted by atomic mass is 10.1. The van der Waals surface area contributed by atoms with Crippen molar-refractivity contribution in [2.24, 2.45) is 5.92 Å². The molecule has 134 valence electrons. The van der Waals surface area contributed by atoms with E-state index < -0.39 is 0 Å². The van der Waals surface area contributed by atoms with E-state index in [0.29, 0.717) is 12.5 Å². The molecular weight excluding hydrogens is 334 g/mol. The Balaban J connectivity index is 1.39. The van der Waals surface area contributed by atoms with E-state index in [-0.39, 0.29) is 12.5 Å². The maximum Gasteiger partial charge on any atom is 0.241 e. The Morgan fingerprint density at radius 3 is 3.20 bits per heavy atom. The summed E-state index contributed by atoms with van der Waals surface area (Å²) >= 11 is 1.85. The first-order chi connectivity index (χ1) is 12.1. The van der Waals surface area contributed by atoms with Gasteiger partial charge in [0.2, 0.25) is 5.91 Å². The van der Waals surface area contributed by atoms with E-state index in [1.807, 2.05) is 17.4 Å². The van der Waals surface area contributed by atoms with Gasteiger partial charge < -0.3 is 5.32 Å². The van der Waals surface area contributed by atoms with Gasteiger partial charge in [0, 0.05) is 31.1 Å². The van der Waals surface area contributed by atoms with Gasteiger partial charge in [-0.2, -0.15) is 0 Å². The Hall–Kier alpha value is -1.99. The lowest BCUT2D eigenvalue weighted by Crippen LogP contribution is -2.38. The van der Waals surface area contributed by atoms with Crippen LogP contribution in [0.3, 0.4) is 0 Å². The van der Waals surface area contributed by atoms with E-state index in [9.17, 15) is 4.79 Å². The monoisotopic (exact) mass is 359 g/mol. The third kappa shape index (κ3) is 5.24. The minimum atomic E-state index is -0.0301. The molecule has 0 saturated heterocycles. The highest BCUT2D eigenvalue weighted by Gasteiger charge is 2.16. The number of nitrogens with one attached hydrogen (secondary N) is 1. The lowest BCUT2D eigenvalue weighted by Gasteiger charge is -2.26. The quantitative estimate of drug-likeness (QED) is 0.823. The normalized spacial score (nSPS) is 15.0. The number of nitrogens with zero attached hydrogens (tertiary/aromatic N) is 4. The number of fused-ring (bicyclic) bond motifs is 1. The van der Waals surface area contributed by atoms with Crippen molar-refractivity contribution in [2.75, 3.05) is 19.6 Å². The van der Waals surface area contributed by atoms with Crippen molar-refractivity contribution < 1.29 is 4.79 Å². The van der Waals surface area contributed by atoms with Crippen molar-refractivity contribution in [3.05, 3.63) is 39.9 Å². The summed E-state index contributed by atoms with van der Waals surface area (Å²) in [6, 6.07) is 2.21. The Bertz CT molecular complexity index is 733. The topological polar surface area (TPSA) is 63.1 Å². The molecule has 7 heteroatoms. The van der Waals surface area contributed by atoms with Gasteiger partial charge in [-0.25, -0.2) is 4.68 Å². The molecule has 1 aliphatic rings. The third-order valence-corrected chi connectivity index (χ3v) is 5.17. The zero-order valence-corrected chi connectivity index (χ0v) is 15.6. The second kappa shape index (κ2) is 8.40. The van der Waals surface area contributed by atoms with E-state index in [1.54, 1.807) is 10.9 Å². The van der Waals surface area contributed by atoms with Crippen molar-refractivity contribution >= 4 is 23.3 Å². The van der Waals surface area contributed by atoms with Gasteiger partial charge in [-0.1, -0.05) is 25.1 Å². The maximum absolute atomic E-state index is 12.1. The third-order valence-electron chi connectivity index (χ3n) is 4.15. The molecule has 2 aromatic rings. The van der Waals surface area contributed by atoms with E-state index in [4.69, 9.17) is 0 Å². The van der Waals surface area contributed by atoms with Crippen LogP contribution in [-0.2, 0) is 24.3 Å². The predicted molar refractivity (Wildman–Crippen MR) is 100 cm³/mol. The van der Waals surface area contributed by atoms with Crippen molar-refractivity contribution in [3.63, 3.8) is 0 Å². The van der Waals surface area contributed by atoms with Gasteiger partial charge in [-0.15, -0.1) is 16.4 Å². The smallest absolute Gasteiger partial charge is 0.241 e. The van der Waals surface area contributed by atoms with Crippen LogP contribution in [0.4, 0.5) is 0 Å². The van der Waals surface area contributed by atoms with Gasteiger partial charge in [-0.3, -0.25) is 9.69 Å². The second-order valence-corrected chi connectivity index (χ2v) is 7.69. The van der Waals surface area contributed by atoms with E-state index in [0.717, 1.165) is 31.7 Å². The van der Waals surface area contributed by atoms with Crippen molar-refractivity contribution in [1.29, 1.82) is 0 Å². The average Bonchev–Trinajstić information content (AvgIpc) is 3.21. The summed E-state index contributed by atoms with van der Waals surface area (Å²) in [6.07, 6.45) is 6.90. The van der Waals surface area contributed by atoms with E-state index >= 15 is 0 Å². The molecule has 0 radical (unpaired) electrons. The summed E-state index contributed by atoms with van der Waals surface area (Å²) in [6.45, 7) is 8.01. The van der Waals surface area contributed by atoms with Crippen LogP contribution in [0, 0.1) is 5.92 Å². The van der Waals surface area contributed by atoms with Gasteiger partial charge in [0.25, 0.3) is 0 Å². The predicted octanol–water partition coefficient (Wildman–Crippen LogP) is 2.18. The number of allylic oxidation sites excluding steroid dienone is 1.